The second-order valence-corrected chi connectivity index (χ2v) is 5.02. The number of nitrogens with zero attached hydrogens (tertiary/aromatic N) is 2. The standard InChI is InChI=1S/C11H14ClN3O5/c12-11-8(15(19)20)6(1-2-13-11)14-7-3-5(4-16)9(17)10(7)18/h1-2,5,7,9-10,16-18H,3-4H2,(H,13,14)/t5-,7-,9+,10-/m1/s1. The molecule has 110 valence electrons. The molecule has 1 heterocycles. The highest BCUT2D eigenvalue weighted by molar-refractivity contribution is 6.32. The molecular weight excluding hydrogens is 290 g/mol. The predicted octanol–water partition coefficient (Wildman–Crippen LogP) is 0.158. The van der Waals surface area contributed by atoms with Gasteiger partial charge in [-0.25, -0.2) is 4.98 Å². The largest absolute Gasteiger partial charge is 0.396 e. The van der Waals surface area contributed by atoms with E-state index in [1.54, 1.807) is 0 Å². The van der Waals surface area contributed by atoms with Gasteiger partial charge in [0.1, 0.15) is 11.8 Å². The number of nitrogens with one attached hydrogen (secondary N) is 1. The average Bonchev–Trinajstić information content (AvgIpc) is 2.66. The number of hydrogen-bond acceptors (Lipinski definition) is 7. The first-order valence-corrected chi connectivity index (χ1v) is 6.36. The highest BCUT2D eigenvalue weighted by Crippen LogP contribution is 2.34. The topological polar surface area (TPSA) is 129 Å². The summed E-state index contributed by atoms with van der Waals surface area (Å²) in [5.74, 6) is -0.473. The maximum Gasteiger partial charge on any atom is 0.329 e. The number of halogens is 1. The average molecular weight is 304 g/mol. The zero-order valence-electron chi connectivity index (χ0n) is 10.3. The van der Waals surface area contributed by atoms with Crippen molar-refractivity contribution in [3.05, 3.63) is 27.5 Å². The molecule has 0 amide bonds. The summed E-state index contributed by atoms with van der Waals surface area (Å²) in [5, 5.41) is 42.2. The molecule has 0 radical (unpaired) electrons. The van der Waals surface area contributed by atoms with Crippen LogP contribution in [0.5, 0.6) is 0 Å². The van der Waals surface area contributed by atoms with Gasteiger partial charge in [0, 0.05) is 18.7 Å². The van der Waals surface area contributed by atoms with Gasteiger partial charge in [0.2, 0.25) is 5.15 Å². The van der Waals surface area contributed by atoms with Gasteiger partial charge in [-0.3, -0.25) is 10.1 Å². The summed E-state index contributed by atoms with van der Waals surface area (Å²) < 4.78 is 0. The second-order valence-electron chi connectivity index (χ2n) is 4.67. The third-order valence-corrected chi connectivity index (χ3v) is 3.72. The van der Waals surface area contributed by atoms with Crippen LogP contribution in [0, 0.1) is 16.0 Å². The molecule has 0 bridgehead atoms. The summed E-state index contributed by atoms with van der Waals surface area (Å²) in [6, 6.07) is 0.759. The lowest BCUT2D eigenvalue weighted by Gasteiger charge is -2.19. The summed E-state index contributed by atoms with van der Waals surface area (Å²) in [6.45, 7) is -0.268. The predicted molar refractivity (Wildman–Crippen MR) is 70.5 cm³/mol. The number of rotatable bonds is 4. The molecule has 0 unspecified atom stereocenters. The van der Waals surface area contributed by atoms with Gasteiger partial charge >= 0.3 is 5.69 Å². The number of aromatic nitrogens is 1. The van der Waals surface area contributed by atoms with Crippen LogP contribution >= 0.6 is 11.6 Å². The Hall–Kier alpha value is -1.48. The van der Waals surface area contributed by atoms with Crippen molar-refractivity contribution < 1.29 is 20.2 Å². The SMILES string of the molecule is O=[N+]([O-])c1c(N[C@@H]2C[C@H](CO)[C@H](O)[C@@H]2O)ccnc1Cl. The molecule has 4 N–H and O–H groups in total. The van der Waals surface area contributed by atoms with Crippen molar-refractivity contribution in [2.75, 3.05) is 11.9 Å². The Morgan fingerprint density at radius 2 is 2.20 bits per heavy atom. The van der Waals surface area contributed by atoms with Gasteiger partial charge in [-0.1, -0.05) is 11.6 Å². The molecule has 1 aromatic rings. The van der Waals surface area contributed by atoms with Crippen LogP contribution in [0.3, 0.4) is 0 Å². The van der Waals surface area contributed by atoms with Gasteiger partial charge in [-0.05, 0) is 12.5 Å². The van der Waals surface area contributed by atoms with E-state index in [4.69, 9.17) is 16.7 Å². The van der Waals surface area contributed by atoms with E-state index in [-0.39, 0.29) is 29.6 Å². The lowest BCUT2D eigenvalue weighted by atomic mass is 10.1. The van der Waals surface area contributed by atoms with Crippen LogP contribution in [-0.4, -0.2) is 50.1 Å². The Kier molecular flexibility index (Phi) is 4.39. The molecule has 1 saturated carbocycles. The number of nitro groups is 1. The summed E-state index contributed by atoms with van der Waals surface area (Å²) in [7, 11) is 0. The fraction of sp³-hybridized carbons (Fsp3) is 0.545. The molecule has 20 heavy (non-hydrogen) atoms. The number of aliphatic hydroxyl groups excluding tert-OH is 3. The van der Waals surface area contributed by atoms with Gasteiger partial charge in [0.25, 0.3) is 0 Å². The summed E-state index contributed by atoms with van der Waals surface area (Å²) >= 11 is 5.69. The monoisotopic (exact) mass is 303 g/mol. The van der Waals surface area contributed by atoms with Crippen molar-refractivity contribution in [3.63, 3.8) is 0 Å². The molecule has 1 fully saturated rings. The zero-order valence-corrected chi connectivity index (χ0v) is 11.1. The van der Waals surface area contributed by atoms with Crippen LogP contribution in [0.1, 0.15) is 6.42 Å². The molecule has 8 nitrogen and oxygen atoms in total. The Balaban J connectivity index is 2.23. The number of hydrogen-bond donors (Lipinski definition) is 4. The van der Waals surface area contributed by atoms with Crippen molar-refractivity contribution in [2.24, 2.45) is 5.92 Å². The van der Waals surface area contributed by atoms with Crippen LogP contribution in [0.25, 0.3) is 0 Å². The van der Waals surface area contributed by atoms with Crippen molar-refractivity contribution in [1.29, 1.82) is 0 Å². The van der Waals surface area contributed by atoms with Crippen molar-refractivity contribution >= 4 is 23.0 Å². The molecule has 0 saturated heterocycles. The van der Waals surface area contributed by atoms with Crippen LogP contribution in [-0.2, 0) is 0 Å². The fourth-order valence-corrected chi connectivity index (χ4v) is 2.59. The van der Waals surface area contributed by atoms with Gasteiger partial charge < -0.3 is 20.6 Å². The van der Waals surface area contributed by atoms with E-state index >= 15 is 0 Å². The van der Waals surface area contributed by atoms with Crippen LogP contribution in [0.2, 0.25) is 5.15 Å². The molecule has 2 rings (SSSR count). The minimum Gasteiger partial charge on any atom is -0.396 e. The zero-order chi connectivity index (χ0) is 14.9. The fourth-order valence-electron chi connectivity index (χ4n) is 2.37. The van der Waals surface area contributed by atoms with E-state index in [1.165, 1.54) is 12.3 Å². The molecule has 9 heteroatoms. The Morgan fingerprint density at radius 3 is 2.75 bits per heavy atom. The molecule has 4 atom stereocenters. The lowest BCUT2D eigenvalue weighted by molar-refractivity contribution is -0.384. The Labute approximate surface area is 119 Å². The lowest BCUT2D eigenvalue weighted by Crippen LogP contribution is -2.35. The first kappa shape index (κ1) is 14.9. The number of pyridine rings is 1. The van der Waals surface area contributed by atoms with E-state index in [1.807, 2.05) is 0 Å². The van der Waals surface area contributed by atoms with Crippen molar-refractivity contribution in [3.8, 4) is 0 Å². The van der Waals surface area contributed by atoms with Gasteiger partial charge in [0.05, 0.1) is 17.1 Å². The normalized spacial score (nSPS) is 29.4. The molecule has 1 aliphatic carbocycles. The van der Waals surface area contributed by atoms with Crippen molar-refractivity contribution in [1.82, 2.24) is 4.98 Å². The third-order valence-electron chi connectivity index (χ3n) is 3.44. The maximum absolute atomic E-state index is 11.0. The Morgan fingerprint density at radius 1 is 1.50 bits per heavy atom. The van der Waals surface area contributed by atoms with Crippen LogP contribution in [0.15, 0.2) is 12.3 Å². The van der Waals surface area contributed by atoms with E-state index in [0.29, 0.717) is 0 Å². The summed E-state index contributed by atoms with van der Waals surface area (Å²) in [6.07, 6.45) is -0.609. The van der Waals surface area contributed by atoms with Gasteiger partial charge in [-0.15, -0.1) is 0 Å². The molecular formula is C11H14ClN3O5. The first-order valence-electron chi connectivity index (χ1n) is 5.98. The van der Waals surface area contributed by atoms with Gasteiger partial charge in [-0.2, -0.15) is 0 Å². The maximum atomic E-state index is 11.0. The van der Waals surface area contributed by atoms with E-state index in [0.717, 1.165) is 0 Å². The molecule has 0 aliphatic heterocycles. The molecule has 0 spiro atoms. The molecule has 0 aromatic carbocycles. The van der Waals surface area contributed by atoms with Gasteiger partial charge in [0.15, 0.2) is 0 Å². The smallest absolute Gasteiger partial charge is 0.329 e. The van der Waals surface area contributed by atoms with Crippen LogP contribution < -0.4 is 5.32 Å². The van der Waals surface area contributed by atoms with E-state index in [9.17, 15) is 20.3 Å². The van der Waals surface area contributed by atoms with Crippen molar-refractivity contribution in [2.45, 2.75) is 24.7 Å². The summed E-state index contributed by atoms with van der Waals surface area (Å²) in [5.41, 5.74) is -0.270. The first-order chi connectivity index (χ1) is 9.45. The second kappa shape index (κ2) is 5.88. The number of aliphatic hydroxyl groups is 3. The summed E-state index contributed by atoms with van der Waals surface area (Å²) in [4.78, 5) is 13.9. The Bertz CT molecular complexity index is 515. The number of anilines is 1. The third kappa shape index (κ3) is 2.68. The quantitative estimate of drug-likeness (QED) is 0.354. The van der Waals surface area contributed by atoms with E-state index in [2.05, 4.69) is 10.3 Å². The highest BCUT2D eigenvalue weighted by atomic mass is 35.5. The molecule has 1 aromatic heterocycles. The minimum atomic E-state index is -1.13. The van der Waals surface area contributed by atoms with E-state index < -0.39 is 29.1 Å². The minimum absolute atomic E-state index is 0.116. The molecule has 1 aliphatic rings. The highest BCUT2D eigenvalue weighted by Gasteiger charge is 2.41. The van der Waals surface area contributed by atoms with Crippen LogP contribution in [0.4, 0.5) is 11.4 Å².